The largest absolute Gasteiger partial charge is 0.255 e. The van der Waals surface area contributed by atoms with Gasteiger partial charge in [0.15, 0.2) is 0 Å². The van der Waals surface area contributed by atoms with Crippen molar-refractivity contribution < 1.29 is 0 Å². The summed E-state index contributed by atoms with van der Waals surface area (Å²) in [6.07, 6.45) is 18.6. The fourth-order valence-corrected chi connectivity index (χ4v) is 2.49. The lowest BCUT2D eigenvalue weighted by molar-refractivity contribution is 0.475. The van der Waals surface area contributed by atoms with Gasteiger partial charge < -0.3 is 0 Å². The molecular weight excluding hydrogens is 218 g/mol. The van der Waals surface area contributed by atoms with Gasteiger partial charge in [0.1, 0.15) is 0 Å². The Kier molecular flexibility index (Phi) is 15.0. The van der Waals surface area contributed by atoms with Gasteiger partial charge in [-0.3, -0.25) is 5.73 Å². The molecule has 0 aliphatic heterocycles. The van der Waals surface area contributed by atoms with Crippen molar-refractivity contribution in [2.75, 3.05) is 0 Å². The Labute approximate surface area is 116 Å². The average Bonchev–Trinajstić information content (AvgIpc) is 2.38. The van der Waals surface area contributed by atoms with Gasteiger partial charge in [-0.15, -0.1) is 0 Å². The van der Waals surface area contributed by atoms with E-state index in [0.29, 0.717) is 0 Å². The van der Waals surface area contributed by atoms with Gasteiger partial charge in [-0.25, -0.2) is 0 Å². The minimum absolute atomic E-state index is 0.224. The second kappa shape index (κ2) is 15.0. The summed E-state index contributed by atoms with van der Waals surface area (Å²) in [5.74, 6) is 0. The molecule has 0 aromatic rings. The molecule has 0 amide bonds. The molecule has 0 fully saturated rings. The van der Waals surface area contributed by atoms with Crippen molar-refractivity contribution in [3.8, 4) is 0 Å². The van der Waals surface area contributed by atoms with E-state index in [-0.39, 0.29) is 6.04 Å². The molecule has 109 valence electrons. The normalized spacial score (nSPS) is 11.3. The lowest BCUT2D eigenvalue weighted by Crippen LogP contribution is -2.08. The summed E-state index contributed by atoms with van der Waals surface area (Å²) in [7, 11) is 0. The molecular formula is C17H36N. The third-order valence-corrected chi connectivity index (χ3v) is 3.81. The summed E-state index contributed by atoms with van der Waals surface area (Å²) in [6.45, 7) is 4.53. The number of nitrogens with one attached hydrogen (secondary N) is 1. The van der Waals surface area contributed by atoms with Crippen LogP contribution >= 0.6 is 0 Å². The molecule has 1 N–H and O–H groups in total. The maximum absolute atomic E-state index is 8.01. The summed E-state index contributed by atoms with van der Waals surface area (Å²) in [5, 5.41) is 0. The molecule has 0 saturated heterocycles. The first kappa shape index (κ1) is 18.0. The van der Waals surface area contributed by atoms with Crippen LogP contribution in [0.2, 0.25) is 0 Å². The number of hydrogen-bond donors (Lipinski definition) is 0. The predicted octanol–water partition coefficient (Wildman–Crippen LogP) is 6.14. The summed E-state index contributed by atoms with van der Waals surface area (Å²) in [5.41, 5.74) is 8.01. The number of rotatable bonds is 14. The zero-order chi connectivity index (χ0) is 13.5. The smallest absolute Gasteiger partial charge is 0.0213 e. The van der Waals surface area contributed by atoms with Crippen molar-refractivity contribution >= 4 is 0 Å². The van der Waals surface area contributed by atoms with Crippen LogP contribution in [-0.2, 0) is 0 Å². The molecule has 1 nitrogen and oxygen atoms in total. The summed E-state index contributed by atoms with van der Waals surface area (Å²) >= 11 is 0. The van der Waals surface area contributed by atoms with Gasteiger partial charge in [0, 0.05) is 6.04 Å². The highest BCUT2D eigenvalue weighted by Crippen LogP contribution is 2.13. The van der Waals surface area contributed by atoms with E-state index in [1.807, 2.05) is 0 Å². The van der Waals surface area contributed by atoms with E-state index in [1.54, 1.807) is 0 Å². The van der Waals surface area contributed by atoms with E-state index in [1.165, 1.54) is 77.0 Å². The Morgan fingerprint density at radius 2 is 0.889 bits per heavy atom. The van der Waals surface area contributed by atoms with Crippen LogP contribution in [0.4, 0.5) is 0 Å². The van der Waals surface area contributed by atoms with Crippen LogP contribution in [0.25, 0.3) is 0 Å². The zero-order valence-corrected chi connectivity index (χ0v) is 13.0. The number of unbranched alkanes of at least 4 members (excludes halogenated alkanes) is 10. The van der Waals surface area contributed by atoms with Crippen molar-refractivity contribution in [1.82, 2.24) is 5.73 Å². The highest BCUT2D eigenvalue weighted by atomic mass is 14.6. The minimum Gasteiger partial charge on any atom is -0.255 e. The third kappa shape index (κ3) is 14.0. The van der Waals surface area contributed by atoms with Gasteiger partial charge in [0.25, 0.3) is 0 Å². The molecule has 1 radical (unpaired) electrons. The molecule has 0 spiro atoms. The summed E-state index contributed by atoms with van der Waals surface area (Å²) < 4.78 is 0. The minimum atomic E-state index is 0.224. The highest BCUT2D eigenvalue weighted by Gasteiger charge is 2.02. The quantitative estimate of drug-likeness (QED) is 0.332. The number of hydrogen-bond acceptors (Lipinski definition) is 0. The van der Waals surface area contributed by atoms with Crippen molar-refractivity contribution in [2.45, 2.75) is 110 Å². The fraction of sp³-hybridized carbons (Fsp3) is 1.00. The van der Waals surface area contributed by atoms with Gasteiger partial charge >= 0.3 is 0 Å². The van der Waals surface area contributed by atoms with Gasteiger partial charge in [0.2, 0.25) is 0 Å². The molecule has 0 bridgehead atoms. The molecule has 0 aromatic carbocycles. The van der Waals surface area contributed by atoms with Gasteiger partial charge in [-0.2, -0.15) is 0 Å². The lowest BCUT2D eigenvalue weighted by Gasteiger charge is -2.10. The van der Waals surface area contributed by atoms with E-state index in [9.17, 15) is 0 Å². The van der Waals surface area contributed by atoms with Crippen LogP contribution in [0, 0.1) is 0 Å². The van der Waals surface area contributed by atoms with Crippen LogP contribution in [0.3, 0.4) is 0 Å². The van der Waals surface area contributed by atoms with Crippen LogP contribution in [0.1, 0.15) is 104 Å². The predicted molar refractivity (Wildman–Crippen MR) is 82.9 cm³/mol. The monoisotopic (exact) mass is 254 g/mol. The molecule has 0 unspecified atom stereocenters. The second-order valence-electron chi connectivity index (χ2n) is 5.81. The molecule has 0 heterocycles. The van der Waals surface area contributed by atoms with E-state index in [2.05, 4.69) is 13.8 Å². The first-order valence-corrected chi connectivity index (χ1v) is 8.52. The van der Waals surface area contributed by atoms with Crippen LogP contribution < -0.4 is 5.73 Å². The van der Waals surface area contributed by atoms with Crippen LogP contribution in [0.15, 0.2) is 0 Å². The highest BCUT2D eigenvalue weighted by molar-refractivity contribution is 4.61. The van der Waals surface area contributed by atoms with Crippen molar-refractivity contribution in [2.24, 2.45) is 0 Å². The second-order valence-corrected chi connectivity index (χ2v) is 5.81. The lowest BCUT2D eigenvalue weighted by atomic mass is 10.0. The molecule has 18 heavy (non-hydrogen) atoms. The molecule has 0 saturated carbocycles. The van der Waals surface area contributed by atoms with Crippen molar-refractivity contribution in [3.05, 3.63) is 0 Å². The van der Waals surface area contributed by atoms with E-state index < -0.39 is 0 Å². The molecule has 0 rings (SSSR count). The Balaban J connectivity index is 3.10. The maximum atomic E-state index is 8.01. The molecule has 0 aromatic heterocycles. The summed E-state index contributed by atoms with van der Waals surface area (Å²) in [6, 6.07) is 0.224. The Bertz CT molecular complexity index is 129. The maximum Gasteiger partial charge on any atom is 0.0213 e. The Morgan fingerprint density at radius 3 is 1.28 bits per heavy atom. The van der Waals surface area contributed by atoms with Crippen molar-refractivity contribution in [1.29, 1.82) is 0 Å². The first-order chi connectivity index (χ1) is 8.81. The zero-order valence-electron chi connectivity index (χ0n) is 13.0. The van der Waals surface area contributed by atoms with Crippen molar-refractivity contribution in [3.63, 3.8) is 0 Å². The third-order valence-electron chi connectivity index (χ3n) is 3.81. The first-order valence-electron chi connectivity index (χ1n) is 8.52. The summed E-state index contributed by atoms with van der Waals surface area (Å²) in [4.78, 5) is 0. The SMILES string of the molecule is CCCCCCCCC([NH])CCCCCCCC. The Morgan fingerprint density at radius 1 is 0.556 bits per heavy atom. The van der Waals surface area contributed by atoms with E-state index in [4.69, 9.17) is 5.73 Å². The Hall–Kier alpha value is -0.0400. The molecule has 0 atom stereocenters. The standard InChI is InChI=1S/C17H36N/c1-3-5-7-9-11-13-15-17(18)16-14-12-10-8-6-4-2/h17-18H,3-16H2,1-2H3. The van der Waals surface area contributed by atoms with E-state index >= 15 is 0 Å². The molecule has 0 aliphatic carbocycles. The average molecular weight is 254 g/mol. The topological polar surface area (TPSA) is 23.8 Å². The molecule has 1 heteroatoms. The fourth-order valence-electron chi connectivity index (χ4n) is 2.49. The molecule has 0 aliphatic rings. The van der Waals surface area contributed by atoms with Gasteiger partial charge in [0.05, 0.1) is 0 Å². The van der Waals surface area contributed by atoms with Crippen LogP contribution in [0.5, 0.6) is 0 Å². The van der Waals surface area contributed by atoms with E-state index in [0.717, 1.165) is 12.8 Å². The van der Waals surface area contributed by atoms with Gasteiger partial charge in [-0.05, 0) is 12.8 Å². The van der Waals surface area contributed by atoms with Crippen LogP contribution in [-0.4, -0.2) is 6.04 Å². The van der Waals surface area contributed by atoms with Gasteiger partial charge in [-0.1, -0.05) is 90.9 Å².